The lowest BCUT2D eigenvalue weighted by Crippen LogP contribution is -2.49. The van der Waals surface area contributed by atoms with Gasteiger partial charge in [-0.15, -0.1) is 0 Å². The van der Waals surface area contributed by atoms with Crippen LogP contribution >= 0.6 is 0 Å². The zero-order valence-corrected chi connectivity index (χ0v) is 11.6. The molecule has 18 heavy (non-hydrogen) atoms. The number of morpholine rings is 1. The molecule has 0 saturated carbocycles. The van der Waals surface area contributed by atoms with Crippen LogP contribution in [0.1, 0.15) is 39.5 Å². The second-order valence-corrected chi connectivity index (χ2v) is 5.06. The number of nitrogens with zero attached hydrogens (tertiary/aromatic N) is 2. The highest BCUT2D eigenvalue weighted by Gasteiger charge is 2.25. The predicted octanol–water partition coefficient (Wildman–Crippen LogP) is 1.65. The topological polar surface area (TPSA) is 71.1 Å². The molecule has 2 unspecified atom stereocenters. The van der Waals surface area contributed by atoms with E-state index in [9.17, 15) is 0 Å². The van der Waals surface area contributed by atoms with Crippen LogP contribution in [0.2, 0.25) is 0 Å². The number of ether oxygens (including phenoxy) is 1. The maximum Gasteiger partial charge on any atom is 0.169 e. The third-order valence-electron chi connectivity index (χ3n) is 3.66. The molecule has 5 heteroatoms. The van der Waals surface area contributed by atoms with Crippen molar-refractivity contribution in [2.45, 2.75) is 45.6 Å². The van der Waals surface area contributed by atoms with E-state index in [-0.39, 0.29) is 11.9 Å². The van der Waals surface area contributed by atoms with Crippen LogP contribution in [0.3, 0.4) is 0 Å². The first-order valence-electron chi connectivity index (χ1n) is 7.02. The lowest BCUT2D eigenvalue weighted by molar-refractivity contribution is -0.00178. The molecule has 1 aliphatic rings. The van der Waals surface area contributed by atoms with E-state index in [0.717, 1.165) is 25.6 Å². The lowest BCUT2D eigenvalue weighted by Gasteiger charge is -2.34. The summed E-state index contributed by atoms with van der Waals surface area (Å²) in [6.45, 7) is 7.91. The molecule has 5 nitrogen and oxygen atoms in total. The average Bonchev–Trinajstić information content (AvgIpc) is 2.42. The van der Waals surface area contributed by atoms with Crippen LogP contribution < -0.4 is 5.73 Å². The van der Waals surface area contributed by atoms with Gasteiger partial charge in [0.05, 0.1) is 6.61 Å². The number of hydrogen-bond donors (Lipinski definition) is 2. The van der Waals surface area contributed by atoms with Gasteiger partial charge in [0.2, 0.25) is 0 Å². The third kappa shape index (κ3) is 4.82. The average molecular weight is 257 g/mol. The Hall–Kier alpha value is -0.810. The molecule has 1 fully saturated rings. The van der Waals surface area contributed by atoms with Crippen molar-refractivity contribution >= 4 is 5.84 Å². The fourth-order valence-corrected chi connectivity index (χ4v) is 2.39. The zero-order chi connectivity index (χ0) is 13.4. The van der Waals surface area contributed by atoms with Gasteiger partial charge < -0.3 is 15.7 Å². The van der Waals surface area contributed by atoms with Crippen LogP contribution in [-0.2, 0) is 4.74 Å². The highest BCUT2D eigenvalue weighted by molar-refractivity contribution is 5.84. The van der Waals surface area contributed by atoms with Crippen molar-refractivity contribution in [3.63, 3.8) is 0 Å². The molecular weight excluding hydrogens is 230 g/mol. The molecule has 0 bridgehead atoms. The Balaban J connectivity index is 2.40. The van der Waals surface area contributed by atoms with Crippen LogP contribution in [-0.4, -0.2) is 48.3 Å². The van der Waals surface area contributed by atoms with Crippen molar-refractivity contribution in [3.05, 3.63) is 0 Å². The van der Waals surface area contributed by atoms with E-state index in [0.29, 0.717) is 6.61 Å². The molecule has 0 aliphatic carbocycles. The molecule has 0 spiro atoms. The normalized spacial score (nSPS) is 24.1. The van der Waals surface area contributed by atoms with E-state index in [4.69, 9.17) is 15.7 Å². The Morgan fingerprint density at radius 1 is 1.56 bits per heavy atom. The zero-order valence-electron chi connectivity index (χ0n) is 11.6. The summed E-state index contributed by atoms with van der Waals surface area (Å²) >= 11 is 0. The van der Waals surface area contributed by atoms with Gasteiger partial charge in [0.15, 0.2) is 5.84 Å². The van der Waals surface area contributed by atoms with E-state index >= 15 is 0 Å². The molecule has 106 valence electrons. The van der Waals surface area contributed by atoms with Gasteiger partial charge in [-0.1, -0.05) is 38.3 Å². The smallest absolute Gasteiger partial charge is 0.169 e. The summed E-state index contributed by atoms with van der Waals surface area (Å²) in [5.41, 5.74) is 5.60. The maximum absolute atomic E-state index is 8.68. The van der Waals surface area contributed by atoms with E-state index in [1.54, 1.807) is 0 Å². The molecule has 0 aromatic rings. The molecule has 1 saturated heterocycles. The maximum atomic E-state index is 8.68. The largest absolute Gasteiger partial charge is 0.409 e. The summed E-state index contributed by atoms with van der Waals surface area (Å²) in [6.07, 6.45) is 4.80. The first kappa shape index (κ1) is 15.2. The minimum Gasteiger partial charge on any atom is -0.409 e. The molecule has 3 N–H and O–H groups in total. The predicted molar refractivity (Wildman–Crippen MR) is 72.9 cm³/mol. The Kier molecular flexibility index (Phi) is 7.05. The number of unbranched alkanes of at least 4 members (excludes halogenated alkanes) is 1. The van der Waals surface area contributed by atoms with E-state index in [1.807, 2.05) is 0 Å². The number of hydrogen-bond acceptors (Lipinski definition) is 4. The molecule has 1 rings (SSSR count). The van der Waals surface area contributed by atoms with Gasteiger partial charge in [0.1, 0.15) is 6.10 Å². The number of oxime groups is 1. The second-order valence-electron chi connectivity index (χ2n) is 5.06. The molecule has 0 aromatic carbocycles. The fraction of sp³-hybridized carbons (Fsp3) is 0.923. The molecule has 1 heterocycles. The first-order valence-corrected chi connectivity index (χ1v) is 7.02. The van der Waals surface area contributed by atoms with E-state index in [1.165, 1.54) is 25.7 Å². The summed E-state index contributed by atoms with van der Waals surface area (Å²) in [5.74, 6) is 0.928. The van der Waals surface area contributed by atoms with Crippen LogP contribution in [0.4, 0.5) is 0 Å². The fourth-order valence-electron chi connectivity index (χ4n) is 2.39. The molecule has 0 aromatic heterocycles. The summed E-state index contributed by atoms with van der Waals surface area (Å²) < 4.78 is 5.50. The summed E-state index contributed by atoms with van der Waals surface area (Å²) in [4.78, 5) is 2.37. The number of rotatable bonds is 7. The summed E-state index contributed by atoms with van der Waals surface area (Å²) in [6, 6.07) is 0. The molecule has 0 amide bonds. The quantitative estimate of drug-likeness (QED) is 0.315. The van der Waals surface area contributed by atoms with Gasteiger partial charge in [-0.2, -0.15) is 0 Å². The number of nitrogens with two attached hydrogens (primary N) is 1. The molecule has 2 atom stereocenters. The Labute approximate surface area is 110 Å². The highest BCUT2D eigenvalue weighted by atomic mass is 16.5. The molecule has 0 radical (unpaired) electrons. The van der Waals surface area contributed by atoms with Gasteiger partial charge in [-0.25, -0.2) is 0 Å². The van der Waals surface area contributed by atoms with Gasteiger partial charge in [-0.05, 0) is 12.3 Å². The SMILES string of the molecule is CCCCC(CC)CN1CCOC(/C(N)=N/O)C1. The van der Waals surface area contributed by atoms with Crippen molar-refractivity contribution < 1.29 is 9.94 Å². The van der Waals surface area contributed by atoms with Crippen LogP contribution in [0.5, 0.6) is 0 Å². The van der Waals surface area contributed by atoms with Crippen molar-refractivity contribution in [1.82, 2.24) is 4.90 Å². The van der Waals surface area contributed by atoms with Crippen LogP contribution in [0.15, 0.2) is 5.16 Å². The lowest BCUT2D eigenvalue weighted by atomic mass is 9.98. The standard InChI is InChI=1S/C13H27N3O2/c1-3-5-6-11(4-2)9-16-7-8-18-12(10-16)13(14)15-17/h11-12,17H,3-10H2,1-2H3,(H2,14,15). The van der Waals surface area contributed by atoms with E-state index in [2.05, 4.69) is 23.9 Å². The van der Waals surface area contributed by atoms with Crippen molar-refractivity contribution in [1.29, 1.82) is 0 Å². The monoisotopic (exact) mass is 257 g/mol. The van der Waals surface area contributed by atoms with Crippen LogP contribution in [0, 0.1) is 5.92 Å². The Bertz CT molecular complexity index is 259. The Morgan fingerprint density at radius 2 is 2.33 bits per heavy atom. The third-order valence-corrected chi connectivity index (χ3v) is 3.66. The minimum absolute atomic E-state index is 0.182. The minimum atomic E-state index is -0.257. The molecule has 1 aliphatic heterocycles. The summed E-state index contributed by atoms with van der Waals surface area (Å²) in [5, 5.41) is 11.7. The van der Waals surface area contributed by atoms with Crippen molar-refractivity contribution in [3.8, 4) is 0 Å². The van der Waals surface area contributed by atoms with Gasteiger partial charge in [0, 0.05) is 19.6 Å². The Morgan fingerprint density at radius 3 is 2.94 bits per heavy atom. The van der Waals surface area contributed by atoms with Crippen molar-refractivity contribution in [2.24, 2.45) is 16.8 Å². The van der Waals surface area contributed by atoms with Gasteiger partial charge in [0.25, 0.3) is 0 Å². The molecular formula is C13H27N3O2. The first-order chi connectivity index (χ1) is 8.71. The van der Waals surface area contributed by atoms with Crippen molar-refractivity contribution in [2.75, 3.05) is 26.2 Å². The summed E-state index contributed by atoms with van der Waals surface area (Å²) in [7, 11) is 0. The van der Waals surface area contributed by atoms with Gasteiger partial charge >= 0.3 is 0 Å². The van der Waals surface area contributed by atoms with Crippen LogP contribution in [0.25, 0.3) is 0 Å². The highest BCUT2D eigenvalue weighted by Crippen LogP contribution is 2.16. The van der Waals surface area contributed by atoms with E-state index < -0.39 is 0 Å². The second kappa shape index (κ2) is 8.32. The number of amidine groups is 1. The van der Waals surface area contributed by atoms with Gasteiger partial charge in [-0.3, -0.25) is 4.90 Å².